The maximum absolute atomic E-state index is 13.3. The van der Waals surface area contributed by atoms with Gasteiger partial charge in [-0.05, 0) is 57.2 Å². The molecule has 1 atom stereocenters. The summed E-state index contributed by atoms with van der Waals surface area (Å²) in [5.74, 6) is -0.879. The standard InChI is InChI=1S/C27H22F2N4O4/c1-14-24(16(3)37-32-14)18-10-20-21(19-8-7-17(26(34)35)11-23(19)36-27(28)29)13-33(25(20)31-12-18)15(2)22-6-4-5-9-30-22/h4-13,15,27H,1-3H3,(H,34,35). The molecule has 188 valence electrons. The number of ether oxygens (including phenoxy) is 1. The summed E-state index contributed by atoms with van der Waals surface area (Å²) in [6.45, 7) is 2.44. The van der Waals surface area contributed by atoms with Crippen LogP contribution in [0.4, 0.5) is 8.78 Å². The van der Waals surface area contributed by atoms with E-state index in [1.165, 1.54) is 12.1 Å². The number of aromatic nitrogens is 4. The highest BCUT2D eigenvalue weighted by atomic mass is 19.3. The van der Waals surface area contributed by atoms with Gasteiger partial charge in [0, 0.05) is 46.2 Å². The van der Waals surface area contributed by atoms with Crippen molar-refractivity contribution in [3.63, 3.8) is 0 Å². The molecule has 0 radical (unpaired) electrons. The van der Waals surface area contributed by atoms with Crippen LogP contribution in [-0.4, -0.2) is 37.4 Å². The summed E-state index contributed by atoms with van der Waals surface area (Å²) in [6, 6.07) is 11.2. The van der Waals surface area contributed by atoms with Crippen molar-refractivity contribution >= 4 is 17.0 Å². The Hall–Kier alpha value is -4.60. The Morgan fingerprint density at radius 3 is 2.57 bits per heavy atom. The van der Waals surface area contributed by atoms with Gasteiger partial charge in [0.2, 0.25) is 0 Å². The van der Waals surface area contributed by atoms with E-state index >= 15 is 0 Å². The Morgan fingerprint density at radius 1 is 1.11 bits per heavy atom. The average molecular weight is 504 g/mol. The molecule has 0 aliphatic carbocycles. The topological polar surface area (TPSA) is 103 Å². The number of aryl methyl sites for hydroxylation is 2. The van der Waals surface area contributed by atoms with Gasteiger partial charge in [-0.15, -0.1) is 0 Å². The highest BCUT2D eigenvalue weighted by Crippen LogP contribution is 2.40. The van der Waals surface area contributed by atoms with Crippen molar-refractivity contribution in [1.29, 1.82) is 0 Å². The Kier molecular flexibility index (Phi) is 6.16. The van der Waals surface area contributed by atoms with Gasteiger partial charge in [-0.3, -0.25) is 4.98 Å². The molecule has 0 spiro atoms. The van der Waals surface area contributed by atoms with Gasteiger partial charge in [0.1, 0.15) is 17.2 Å². The summed E-state index contributed by atoms with van der Waals surface area (Å²) in [6.07, 6.45) is 5.20. The van der Waals surface area contributed by atoms with Crippen molar-refractivity contribution in [2.24, 2.45) is 0 Å². The lowest BCUT2D eigenvalue weighted by Gasteiger charge is -2.14. The van der Waals surface area contributed by atoms with Gasteiger partial charge >= 0.3 is 12.6 Å². The van der Waals surface area contributed by atoms with E-state index < -0.39 is 12.6 Å². The quantitative estimate of drug-likeness (QED) is 0.278. The molecule has 8 nitrogen and oxygen atoms in total. The van der Waals surface area contributed by atoms with E-state index in [4.69, 9.17) is 14.2 Å². The first-order valence-electron chi connectivity index (χ1n) is 11.4. The first kappa shape index (κ1) is 24.1. The summed E-state index contributed by atoms with van der Waals surface area (Å²) >= 11 is 0. The van der Waals surface area contributed by atoms with Crippen molar-refractivity contribution < 1.29 is 27.9 Å². The number of rotatable bonds is 7. The Balaban J connectivity index is 1.78. The van der Waals surface area contributed by atoms with E-state index in [0.717, 1.165) is 22.9 Å². The lowest BCUT2D eigenvalue weighted by molar-refractivity contribution is -0.0495. The molecule has 5 aromatic rings. The zero-order chi connectivity index (χ0) is 26.3. The lowest BCUT2D eigenvalue weighted by atomic mass is 10.00. The zero-order valence-electron chi connectivity index (χ0n) is 20.1. The minimum Gasteiger partial charge on any atom is -0.478 e. The van der Waals surface area contributed by atoms with Gasteiger partial charge in [0.15, 0.2) is 0 Å². The second kappa shape index (κ2) is 9.45. The van der Waals surface area contributed by atoms with Crippen molar-refractivity contribution in [3.05, 3.63) is 83.8 Å². The number of aromatic carboxylic acids is 1. The number of hydrogen-bond acceptors (Lipinski definition) is 6. The largest absolute Gasteiger partial charge is 0.478 e. The third kappa shape index (κ3) is 4.42. The number of nitrogens with zero attached hydrogens (tertiary/aromatic N) is 4. The number of hydrogen-bond donors (Lipinski definition) is 1. The molecule has 0 bridgehead atoms. The van der Waals surface area contributed by atoms with Crippen LogP contribution in [0.15, 0.2) is 65.6 Å². The number of pyridine rings is 2. The fourth-order valence-corrected chi connectivity index (χ4v) is 4.51. The summed E-state index contributed by atoms with van der Waals surface area (Å²) < 4.78 is 38.7. The maximum Gasteiger partial charge on any atom is 0.387 e. The van der Waals surface area contributed by atoms with E-state index in [1.807, 2.05) is 42.7 Å². The monoisotopic (exact) mass is 504 g/mol. The molecule has 0 saturated carbocycles. The van der Waals surface area contributed by atoms with Gasteiger partial charge in [-0.1, -0.05) is 11.2 Å². The summed E-state index contributed by atoms with van der Waals surface area (Å²) in [5, 5.41) is 14.1. The number of carboxylic acid groups (broad SMARTS) is 1. The molecule has 0 amide bonds. The van der Waals surface area contributed by atoms with Crippen LogP contribution < -0.4 is 4.74 Å². The van der Waals surface area contributed by atoms with Gasteiger partial charge in [0.25, 0.3) is 0 Å². The molecule has 4 heterocycles. The normalized spacial score (nSPS) is 12.3. The van der Waals surface area contributed by atoms with Crippen LogP contribution in [0.25, 0.3) is 33.3 Å². The highest BCUT2D eigenvalue weighted by Gasteiger charge is 2.23. The lowest BCUT2D eigenvalue weighted by Crippen LogP contribution is -2.08. The minimum atomic E-state index is -3.14. The van der Waals surface area contributed by atoms with Gasteiger partial charge in [0.05, 0.1) is 23.0 Å². The second-order valence-corrected chi connectivity index (χ2v) is 8.57. The third-order valence-electron chi connectivity index (χ3n) is 6.26. The molecule has 1 unspecified atom stereocenters. The molecule has 10 heteroatoms. The molecular weight excluding hydrogens is 482 g/mol. The molecule has 37 heavy (non-hydrogen) atoms. The van der Waals surface area contributed by atoms with Gasteiger partial charge in [-0.2, -0.15) is 8.78 Å². The van der Waals surface area contributed by atoms with Gasteiger partial charge < -0.3 is 18.9 Å². The first-order chi connectivity index (χ1) is 17.7. The number of carboxylic acids is 1. The molecule has 1 N–H and O–H groups in total. The number of benzene rings is 1. The molecule has 5 rings (SSSR count). The number of fused-ring (bicyclic) bond motifs is 1. The average Bonchev–Trinajstić information content (AvgIpc) is 3.42. The van der Waals surface area contributed by atoms with E-state index in [-0.39, 0.29) is 17.4 Å². The van der Waals surface area contributed by atoms with Crippen molar-refractivity contribution in [1.82, 2.24) is 19.7 Å². The van der Waals surface area contributed by atoms with Crippen molar-refractivity contribution in [2.45, 2.75) is 33.4 Å². The van der Waals surface area contributed by atoms with E-state index in [2.05, 4.69) is 10.1 Å². The van der Waals surface area contributed by atoms with Crippen LogP contribution in [0.1, 0.15) is 40.5 Å². The van der Waals surface area contributed by atoms with E-state index in [9.17, 15) is 18.7 Å². The highest BCUT2D eigenvalue weighted by molar-refractivity contribution is 5.99. The molecular formula is C27H22F2N4O4. The third-order valence-corrected chi connectivity index (χ3v) is 6.26. The molecule has 0 aliphatic heterocycles. The summed E-state index contributed by atoms with van der Waals surface area (Å²) in [7, 11) is 0. The van der Waals surface area contributed by atoms with Crippen LogP contribution >= 0.6 is 0 Å². The smallest absolute Gasteiger partial charge is 0.387 e. The van der Waals surface area contributed by atoms with Crippen LogP contribution in [0.2, 0.25) is 0 Å². The Morgan fingerprint density at radius 2 is 1.92 bits per heavy atom. The predicted molar refractivity (Wildman–Crippen MR) is 132 cm³/mol. The molecule has 0 saturated heterocycles. The fraction of sp³-hybridized carbons (Fsp3) is 0.185. The minimum absolute atomic E-state index is 0.167. The zero-order valence-corrected chi connectivity index (χ0v) is 20.1. The van der Waals surface area contributed by atoms with Crippen LogP contribution in [0.3, 0.4) is 0 Å². The fourth-order valence-electron chi connectivity index (χ4n) is 4.51. The summed E-state index contributed by atoms with van der Waals surface area (Å²) in [4.78, 5) is 20.7. The van der Waals surface area contributed by atoms with Crippen LogP contribution in [0.5, 0.6) is 5.75 Å². The molecule has 1 aromatic carbocycles. The van der Waals surface area contributed by atoms with Crippen molar-refractivity contribution in [2.75, 3.05) is 0 Å². The van der Waals surface area contributed by atoms with Crippen LogP contribution in [-0.2, 0) is 0 Å². The molecule has 4 aromatic heterocycles. The number of halogens is 2. The van der Waals surface area contributed by atoms with E-state index in [0.29, 0.717) is 33.6 Å². The maximum atomic E-state index is 13.3. The Bertz CT molecular complexity index is 1590. The predicted octanol–water partition coefficient (Wildman–Crippen LogP) is 6.28. The second-order valence-electron chi connectivity index (χ2n) is 8.57. The SMILES string of the molecule is Cc1noc(C)c1-c1cnc2c(c1)c(-c1ccc(C(=O)O)cc1OC(F)F)cn2C(C)c1ccccn1. The van der Waals surface area contributed by atoms with Crippen LogP contribution in [0, 0.1) is 13.8 Å². The van der Waals surface area contributed by atoms with Crippen molar-refractivity contribution in [3.8, 4) is 28.0 Å². The summed E-state index contributed by atoms with van der Waals surface area (Å²) in [5.41, 5.74) is 4.28. The molecule has 0 fully saturated rings. The van der Waals surface area contributed by atoms with Gasteiger partial charge in [-0.25, -0.2) is 9.78 Å². The number of alkyl halides is 2. The van der Waals surface area contributed by atoms with E-state index in [1.54, 1.807) is 25.5 Å². The Labute approximate surface area is 210 Å². The number of carbonyl (C=O) groups is 1. The first-order valence-corrected chi connectivity index (χ1v) is 11.4. The molecule has 0 aliphatic rings.